The number of benzene rings is 2. The number of hydrogen-bond acceptors (Lipinski definition) is 4. The van der Waals surface area contributed by atoms with Gasteiger partial charge in [-0.15, -0.1) is 11.8 Å². The number of nitrogens with zero attached hydrogens (tertiary/aromatic N) is 1. The molecule has 0 aromatic heterocycles. The molecule has 2 aromatic carbocycles. The molecule has 0 bridgehead atoms. The maximum Gasteiger partial charge on any atom is 0.317 e. The summed E-state index contributed by atoms with van der Waals surface area (Å²) in [4.78, 5) is 28.4. The minimum atomic E-state index is -0.854. The van der Waals surface area contributed by atoms with E-state index < -0.39 is 6.10 Å². The molecule has 0 unspecified atom stereocenters. The predicted octanol–water partition coefficient (Wildman–Crippen LogP) is 4.17. The van der Waals surface area contributed by atoms with Crippen molar-refractivity contribution >= 4 is 23.6 Å². The Morgan fingerprint density at radius 3 is 2.50 bits per heavy atom. The van der Waals surface area contributed by atoms with Crippen LogP contribution in [-0.4, -0.2) is 35.6 Å². The van der Waals surface area contributed by atoms with E-state index in [0.717, 1.165) is 49.2 Å². The maximum atomic E-state index is 12.9. The molecule has 4 rings (SSSR count). The smallest absolute Gasteiger partial charge is 0.317 e. The SMILES string of the molecule is O=C(CSc1ccc2c(c1)CCC2)O[C@@H](C(=O)N1CCCC1)c1ccccc1. The lowest BCUT2D eigenvalue weighted by molar-refractivity contribution is -0.158. The van der Waals surface area contributed by atoms with Crippen LogP contribution in [0.1, 0.15) is 42.1 Å². The number of carbonyl (C=O) groups is 2. The van der Waals surface area contributed by atoms with Crippen LogP contribution in [0.3, 0.4) is 0 Å². The molecule has 0 spiro atoms. The molecule has 28 heavy (non-hydrogen) atoms. The van der Waals surface area contributed by atoms with E-state index in [4.69, 9.17) is 4.74 Å². The van der Waals surface area contributed by atoms with E-state index in [1.807, 2.05) is 30.3 Å². The summed E-state index contributed by atoms with van der Waals surface area (Å²) in [6.45, 7) is 1.48. The van der Waals surface area contributed by atoms with Gasteiger partial charge in [-0.2, -0.15) is 0 Å². The molecular weight excluding hydrogens is 370 g/mol. The quantitative estimate of drug-likeness (QED) is 0.544. The summed E-state index contributed by atoms with van der Waals surface area (Å²) in [6, 6.07) is 15.8. The van der Waals surface area contributed by atoms with Crippen molar-refractivity contribution in [2.24, 2.45) is 0 Å². The van der Waals surface area contributed by atoms with Crippen molar-refractivity contribution < 1.29 is 14.3 Å². The van der Waals surface area contributed by atoms with Gasteiger partial charge in [0.1, 0.15) is 0 Å². The van der Waals surface area contributed by atoms with Crippen LogP contribution < -0.4 is 0 Å². The average Bonchev–Trinajstić information content (AvgIpc) is 3.42. The monoisotopic (exact) mass is 395 g/mol. The first-order chi connectivity index (χ1) is 13.7. The molecule has 1 fully saturated rings. The highest BCUT2D eigenvalue weighted by atomic mass is 32.2. The van der Waals surface area contributed by atoms with E-state index in [2.05, 4.69) is 18.2 Å². The molecule has 1 saturated heterocycles. The summed E-state index contributed by atoms with van der Waals surface area (Å²) in [5.41, 5.74) is 3.55. The van der Waals surface area contributed by atoms with Gasteiger partial charge in [0.05, 0.1) is 5.75 Å². The molecule has 1 heterocycles. The van der Waals surface area contributed by atoms with E-state index in [9.17, 15) is 9.59 Å². The molecule has 1 aliphatic heterocycles. The molecule has 4 nitrogen and oxygen atoms in total. The molecule has 1 atom stereocenters. The van der Waals surface area contributed by atoms with Crippen LogP contribution in [0.4, 0.5) is 0 Å². The molecule has 0 radical (unpaired) electrons. The van der Waals surface area contributed by atoms with Crippen molar-refractivity contribution in [1.82, 2.24) is 4.90 Å². The Kier molecular flexibility index (Phi) is 6.01. The van der Waals surface area contributed by atoms with Crippen molar-refractivity contribution in [3.05, 3.63) is 65.2 Å². The van der Waals surface area contributed by atoms with Crippen molar-refractivity contribution in [2.45, 2.75) is 43.1 Å². The van der Waals surface area contributed by atoms with Crippen LogP contribution in [0.25, 0.3) is 0 Å². The van der Waals surface area contributed by atoms with Crippen molar-refractivity contribution in [2.75, 3.05) is 18.8 Å². The highest BCUT2D eigenvalue weighted by Gasteiger charge is 2.30. The molecule has 2 aliphatic rings. The third-order valence-corrected chi connectivity index (χ3v) is 6.39. The van der Waals surface area contributed by atoms with Crippen LogP contribution in [0.5, 0.6) is 0 Å². The molecule has 1 amide bonds. The van der Waals surface area contributed by atoms with Gasteiger partial charge in [0.15, 0.2) is 0 Å². The highest BCUT2D eigenvalue weighted by molar-refractivity contribution is 8.00. The van der Waals surface area contributed by atoms with E-state index in [0.29, 0.717) is 0 Å². The zero-order valence-electron chi connectivity index (χ0n) is 15.9. The fraction of sp³-hybridized carbons (Fsp3) is 0.391. The van der Waals surface area contributed by atoms with Gasteiger partial charge in [0.25, 0.3) is 5.91 Å². The molecule has 0 N–H and O–H groups in total. The predicted molar refractivity (Wildman–Crippen MR) is 110 cm³/mol. The lowest BCUT2D eigenvalue weighted by atomic mass is 10.1. The van der Waals surface area contributed by atoms with E-state index in [-0.39, 0.29) is 17.6 Å². The molecule has 0 saturated carbocycles. The molecule has 5 heteroatoms. The zero-order valence-corrected chi connectivity index (χ0v) is 16.7. The molecule has 146 valence electrons. The Labute approximate surface area is 170 Å². The second-order valence-corrected chi connectivity index (χ2v) is 8.43. The molecular formula is C23H25NO3S. The lowest BCUT2D eigenvalue weighted by Crippen LogP contribution is -2.35. The van der Waals surface area contributed by atoms with Gasteiger partial charge in [-0.25, -0.2) is 0 Å². The first kappa shape index (κ1) is 19.1. The van der Waals surface area contributed by atoms with Crippen molar-refractivity contribution in [1.29, 1.82) is 0 Å². The van der Waals surface area contributed by atoms with Crippen LogP contribution in [0.15, 0.2) is 53.4 Å². The average molecular weight is 396 g/mol. The van der Waals surface area contributed by atoms with Gasteiger partial charge in [-0.05, 0) is 55.4 Å². The number of carbonyl (C=O) groups excluding carboxylic acids is 2. The van der Waals surface area contributed by atoms with Gasteiger partial charge in [0.2, 0.25) is 6.10 Å². The Bertz CT molecular complexity index is 846. The number of aryl methyl sites for hydroxylation is 2. The number of hydrogen-bond donors (Lipinski definition) is 0. The van der Waals surface area contributed by atoms with Crippen molar-refractivity contribution in [3.8, 4) is 0 Å². The van der Waals surface area contributed by atoms with Gasteiger partial charge < -0.3 is 9.64 Å². The number of ether oxygens (including phenoxy) is 1. The maximum absolute atomic E-state index is 12.9. The third-order valence-electron chi connectivity index (χ3n) is 5.42. The number of likely N-dealkylation sites (tertiary alicyclic amines) is 1. The summed E-state index contributed by atoms with van der Waals surface area (Å²) in [7, 11) is 0. The number of amides is 1. The number of fused-ring (bicyclic) bond motifs is 1. The van der Waals surface area contributed by atoms with Gasteiger partial charge in [0, 0.05) is 23.5 Å². The Hall–Kier alpha value is -2.27. The largest absolute Gasteiger partial charge is 0.447 e. The first-order valence-electron chi connectivity index (χ1n) is 9.98. The van der Waals surface area contributed by atoms with Gasteiger partial charge in [-0.3, -0.25) is 9.59 Å². The van der Waals surface area contributed by atoms with Crippen LogP contribution in [0.2, 0.25) is 0 Å². The van der Waals surface area contributed by atoms with Crippen molar-refractivity contribution in [3.63, 3.8) is 0 Å². The fourth-order valence-corrected chi connectivity index (χ4v) is 4.68. The summed E-state index contributed by atoms with van der Waals surface area (Å²) in [6.07, 6.45) is 4.65. The Balaban J connectivity index is 1.41. The molecule has 2 aromatic rings. The lowest BCUT2D eigenvalue weighted by Gasteiger charge is -2.23. The second kappa shape index (κ2) is 8.82. The van der Waals surface area contributed by atoms with Gasteiger partial charge in [-0.1, -0.05) is 36.4 Å². The van der Waals surface area contributed by atoms with Crippen LogP contribution in [0, 0.1) is 0 Å². The number of thioether (sulfide) groups is 1. The van der Waals surface area contributed by atoms with Crippen LogP contribution >= 0.6 is 11.8 Å². The summed E-state index contributed by atoms with van der Waals surface area (Å²) < 4.78 is 5.67. The standard InChI is InChI=1S/C23H25NO3S/c25-21(16-28-20-12-11-17-9-6-10-19(17)15-20)27-22(18-7-2-1-3-8-18)23(26)24-13-4-5-14-24/h1-3,7-8,11-12,15,22H,4-6,9-10,13-14,16H2/t22-/m1/s1. The summed E-state index contributed by atoms with van der Waals surface area (Å²) in [5.74, 6) is -0.262. The fourth-order valence-electron chi connectivity index (χ4n) is 3.94. The van der Waals surface area contributed by atoms with E-state index >= 15 is 0 Å². The third kappa shape index (κ3) is 4.41. The second-order valence-electron chi connectivity index (χ2n) is 7.39. The highest BCUT2D eigenvalue weighted by Crippen LogP contribution is 2.28. The summed E-state index contributed by atoms with van der Waals surface area (Å²) in [5, 5.41) is 0. The van der Waals surface area contributed by atoms with E-state index in [1.54, 1.807) is 4.90 Å². The summed E-state index contributed by atoms with van der Waals surface area (Å²) >= 11 is 1.48. The Morgan fingerprint density at radius 2 is 1.71 bits per heavy atom. The first-order valence-corrected chi connectivity index (χ1v) is 11.0. The van der Waals surface area contributed by atoms with Gasteiger partial charge >= 0.3 is 5.97 Å². The molecule has 1 aliphatic carbocycles. The number of rotatable bonds is 6. The van der Waals surface area contributed by atoms with Crippen LogP contribution in [-0.2, 0) is 27.2 Å². The zero-order chi connectivity index (χ0) is 19.3. The minimum absolute atomic E-state index is 0.111. The minimum Gasteiger partial charge on any atom is -0.447 e. The number of esters is 1. The van der Waals surface area contributed by atoms with E-state index in [1.165, 1.54) is 29.3 Å². The Morgan fingerprint density at radius 1 is 0.964 bits per heavy atom. The topological polar surface area (TPSA) is 46.6 Å². The normalized spacial score (nSPS) is 16.6.